The third-order valence-corrected chi connectivity index (χ3v) is 3.37. The van der Waals surface area contributed by atoms with Crippen LogP contribution in [0.4, 0.5) is 0 Å². The lowest BCUT2D eigenvalue weighted by atomic mass is 10.1. The molecule has 2 atom stereocenters. The molecule has 1 rings (SSSR count). The van der Waals surface area contributed by atoms with Crippen LogP contribution in [0.5, 0.6) is 0 Å². The van der Waals surface area contributed by atoms with Crippen molar-refractivity contribution in [2.75, 3.05) is 19.8 Å². The molecule has 0 radical (unpaired) electrons. The first-order valence-corrected chi connectivity index (χ1v) is 5.68. The quantitative estimate of drug-likeness (QED) is 0.605. The van der Waals surface area contributed by atoms with Crippen LogP contribution in [0.3, 0.4) is 0 Å². The highest BCUT2D eigenvalue weighted by Crippen LogP contribution is 2.24. The van der Waals surface area contributed by atoms with Gasteiger partial charge >= 0.3 is 0 Å². The van der Waals surface area contributed by atoms with Crippen molar-refractivity contribution >= 4 is 25.3 Å². The summed E-state index contributed by atoms with van der Waals surface area (Å²) in [6.45, 7) is 0. The maximum atomic E-state index is 4.55. The largest absolute Gasteiger partial charge is 0.297 e. The first-order valence-electron chi connectivity index (χ1n) is 4.53. The van der Waals surface area contributed by atoms with Crippen LogP contribution >= 0.6 is 25.3 Å². The first-order chi connectivity index (χ1) is 6.66. The fourth-order valence-electron chi connectivity index (χ4n) is 1.30. The van der Waals surface area contributed by atoms with Gasteiger partial charge in [-0.3, -0.25) is 9.88 Å². The third-order valence-electron chi connectivity index (χ3n) is 2.15. The van der Waals surface area contributed by atoms with Gasteiger partial charge in [0.15, 0.2) is 0 Å². The molecule has 0 bridgehead atoms. The van der Waals surface area contributed by atoms with Crippen molar-refractivity contribution < 1.29 is 0 Å². The summed E-state index contributed by atoms with van der Waals surface area (Å²) in [7, 11) is 4.02. The van der Waals surface area contributed by atoms with E-state index in [1.54, 1.807) is 0 Å². The fraction of sp³-hybridized carbons (Fsp3) is 0.500. The van der Waals surface area contributed by atoms with Crippen LogP contribution in [0.15, 0.2) is 24.4 Å². The molecule has 0 N–H and O–H groups in total. The molecule has 0 aromatic carbocycles. The molecule has 2 unspecified atom stereocenters. The van der Waals surface area contributed by atoms with E-state index in [0.717, 1.165) is 11.4 Å². The summed E-state index contributed by atoms with van der Waals surface area (Å²) in [5.41, 5.74) is 1.05. The van der Waals surface area contributed by atoms with Crippen molar-refractivity contribution in [3.63, 3.8) is 0 Å². The second-order valence-corrected chi connectivity index (χ2v) is 4.32. The standard InChI is InChI=1S/C10H16N2S2/c1-12(2)10(14)8(7-13)9-5-3-4-6-11-9/h3-6,8,10,13-14H,7H2,1-2H3. The number of aromatic nitrogens is 1. The average Bonchev–Trinajstić information content (AvgIpc) is 2.20. The summed E-state index contributed by atoms with van der Waals surface area (Å²) in [6.07, 6.45) is 1.81. The highest BCUT2D eigenvalue weighted by atomic mass is 32.1. The zero-order valence-corrected chi connectivity index (χ0v) is 10.2. The van der Waals surface area contributed by atoms with E-state index in [1.165, 1.54) is 0 Å². The molecule has 0 aliphatic rings. The maximum Gasteiger partial charge on any atom is 0.0615 e. The normalized spacial score (nSPS) is 15.5. The van der Waals surface area contributed by atoms with Crippen LogP contribution in [0.25, 0.3) is 0 Å². The molecule has 14 heavy (non-hydrogen) atoms. The number of nitrogens with zero attached hydrogens (tertiary/aromatic N) is 2. The number of likely N-dealkylation sites (N-methyl/N-ethyl adjacent to an activating group) is 1. The van der Waals surface area contributed by atoms with Crippen LogP contribution in [-0.2, 0) is 0 Å². The van der Waals surface area contributed by atoms with E-state index in [1.807, 2.05) is 38.5 Å². The van der Waals surface area contributed by atoms with E-state index in [-0.39, 0.29) is 11.3 Å². The first kappa shape index (κ1) is 11.9. The molecule has 0 aliphatic heterocycles. The maximum absolute atomic E-state index is 4.55. The predicted molar refractivity (Wildman–Crippen MR) is 67.3 cm³/mol. The monoisotopic (exact) mass is 228 g/mol. The van der Waals surface area contributed by atoms with Gasteiger partial charge in [-0.15, -0.1) is 0 Å². The van der Waals surface area contributed by atoms with Gasteiger partial charge in [0.25, 0.3) is 0 Å². The van der Waals surface area contributed by atoms with Gasteiger partial charge in [-0.1, -0.05) is 6.07 Å². The predicted octanol–water partition coefficient (Wildman–Crippen LogP) is 1.91. The number of rotatable bonds is 4. The van der Waals surface area contributed by atoms with Gasteiger partial charge in [0.05, 0.1) is 5.37 Å². The van der Waals surface area contributed by atoms with Crippen LogP contribution in [0.1, 0.15) is 11.6 Å². The van der Waals surface area contributed by atoms with Crippen LogP contribution in [0, 0.1) is 0 Å². The lowest BCUT2D eigenvalue weighted by Crippen LogP contribution is -2.30. The summed E-state index contributed by atoms with van der Waals surface area (Å²) in [6, 6.07) is 5.94. The van der Waals surface area contributed by atoms with Crippen molar-refractivity contribution in [3.05, 3.63) is 30.1 Å². The SMILES string of the molecule is CN(C)C(S)C(CS)c1ccccn1. The Bertz CT molecular complexity index is 264. The Hall–Kier alpha value is -0.190. The highest BCUT2D eigenvalue weighted by molar-refractivity contribution is 7.81. The van der Waals surface area contributed by atoms with Crippen LogP contribution in [-0.4, -0.2) is 35.1 Å². The zero-order valence-electron chi connectivity index (χ0n) is 8.46. The molecule has 1 aromatic heterocycles. The molecule has 1 heterocycles. The molecule has 0 amide bonds. The minimum absolute atomic E-state index is 0.155. The molecule has 0 saturated heterocycles. The summed E-state index contributed by atoms with van der Waals surface area (Å²) in [5.74, 6) is 1.02. The minimum Gasteiger partial charge on any atom is -0.297 e. The van der Waals surface area contributed by atoms with E-state index in [0.29, 0.717) is 0 Å². The van der Waals surface area contributed by atoms with Crippen molar-refractivity contribution in [1.29, 1.82) is 0 Å². The van der Waals surface area contributed by atoms with Crippen molar-refractivity contribution in [2.24, 2.45) is 0 Å². The molecule has 4 heteroatoms. The second-order valence-electron chi connectivity index (χ2n) is 3.42. The number of hydrogen-bond donors (Lipinski definition) is 2. The molecular formula is C10H16N2S2. The molecule has 1 aromatic rings. The third kappa shape index (κ3) is 2.90. The van der Waals surface area contributed by atoms with E-state index < -0.39 is 0 Å². The van der Waals surface area contributed by atoms with Crippen LogP contribution < -0.4 is 0 Å². The summed E-state index contributed by atoms with van der Waals surface area (Å²) in [4.78, 5) is 6.40. The minimum atomic E-state index is 0.155. The molecule has 0 fully saturated rings. The van der Waals surface area contributed by atoms with Crippen molar-refractivity contribution in [2.45, 2.75) is 11.3 Å². The Morgan fingerprint density at radius 2 is 2.14 bits per heavy atom. The number of thiol groups is 2. The Labute approximate surface area is 96.5 Å². The molecule has 0 saturated carbocycles. The Morgan fingerprint density at radius 3 is 2.57 bits per heavy atom. The Kier molecular flexibility index (Phi) is 4.78. The average molecular weight is 228 g/mol. The smallest absolute Gasteiger partial charge is 0.0615 e. The van der Waals surface area contributed by atoms with Gasteiger partial charge in [0.1, 0.15) is 0 Å². The summed E-state index contributed by atoms with van der Waals surface area (Å²) >= 11 is 8.89. The lowest BCUT2D eigenvalue weighted by molar-refractivity contribution is 0.351. The molecule has 2 nitrogen and oxygen atoms in total. The fourth-order valence-corrected chi connectivity index (χ4v) is 2.11. The van der Waals surface area contributed by atoms with Crippen molar-refractivity contribution in [1.82, 2.24) is 9.88 Å². The molecular weight excluding hydrogens is 212 g/mol. The second kappa shape index (κ2) is 5.63. The highest BCUT2D eigenvalue weighted by Gasteiger charge is 2.21. The summed E-state index contributed by atoms with van der Waals surface area (Å²) in [5, 5.41) is 0.155. The molecule has 0 aliphatic carbocycles. The topological polar surface area (TPSA) is 16.1 Å². The van der Waals surface area contributed by atoms with Gasteiger partial charge < -0.3 is 0 Å². The van der Waals surface area contributed by atoms with E-state index in [2.05, 4.69) is 35.1 Å². The van der Waals surface area contributed by atoms with Crippen molar-refractivity contribution in [3.8, 4) is 0 Å². The molecule has 78 valence electrons. The number of pyridine rings is 1. The van der Waals surface area contributed by atoms with Gasteiger partial charge in [-0.05, 0) is 26.2 Å². The van der Waals surface area contributed by atoms with E-state index in [9.17, 15) is 0 Å². The van der Waals surface area contributed by atoms with Gasteiger partial charge in [-0.25, -0.2) is 0 Å². The van der Waals surface area contributed by atoms with E-state index >= 15 is 0 Å². The molecule has 0 spiro atoms. The number of hydrogen-bond acceptors (Lipinski definition) is 4. The zero-order chi connectivity index (χ0) is 10.6. The lowest BCUT2D eigenvalue weighted by Gasteiger charge is -2.26. The van der Waals surface area contributed by atoms with Crippen LogP contribution in [0.2, 0.25) is 0 Å². The summed E-state index contributed by atoms with van der Waals surface area (Å²) < 4.78 is 0. The Balaban J connectivity index is 2.82. The van der Waals surface area contributed by atoms with E-state index in [4.69, 9.17) is 0 Å². The van der Waals surface area contributed by atoms with Gasteiger partial charge in [0.2, 0.25) is 0 Å². The van der Waals surface area contributed by atoms with Gasteiger partial charge in [-0.2, -0.15) is 25.3 Å². The van der Waals surface area contributed by atoms with Gasteiger partial charge in [0, 0.05) is 23.6 Å². The Morgan fingerprint density at radius 1 is 1.43 bits per heavy atom.